The maximum Gasteiger partial charge on any atom is 0.411 e. The third-order valence-electron chi connectivity index (χ3n) is 8.14. The molecule has 0 unspecified atom stereocenters. The van der Waals surface area contributed by atoms with Gasteiger partial charge in [0.25, 0.3) is 0 Å². The second-order valence-corrected chi connectivity index (χ2v) is 10.3. The van der Waals surface area contributed by atoms with Crippen molar-refractivity contribution >= 4 is 23.4 Å². The topological polar surface area (TPSA) is 73.9 Å². The largest absolute Gasteiger partial charge is 0.440 e. The summed E-state index contributed by atoms with van der Waals surface area (Å²) in [5.74, 6) is -0.503. The molecule has 1 spiro atoms. The van der Waals surface area contributed by atoms with E-state index in [2.05, 4.69) is 23.7 Å². The van der Waals surface area contributed by atoms with Crippen LogP contribution < -0.4 is 15.8 Å². The molecular weight excluding hydrogens is 459 g/mol. The van der Waals surface area contributed by atoms with E-state index in [-0.39, 0.29) is 23.7 Å². The number of nitrogens with zero attached hydrogens (tertiary/aromatic N) is 2. The summed E-state index contributed by atoms with van der Waals surface area (Å²) in [4.78, 5) is 27.2. The number of hydrogen-bond donors (Lipinski definition) is 2. The van der Waals surface area contributed by atoms with E-state index in [9.17, 15) is 14.0 Å². The van der Waals surface area contributed by atoms with Gasteiger partial charge in [-0.1, -0.05) is 30.7 Å². The first-order chi connectivity index (χ1) is 17.4. The Hall–Kier alpha value is -3.65. The van der Waals surface area contributed by atoms with Crippen LogP contribution in [0.3, 0.4) is 0 Å². The fourth-order valence-electron chi connectivity index (χ4n) is 6.23. The number of rotatable bonds is 4. The van der Waals surface area contributed by atoms with Gasteiger partial charge in [0.05, 0.1) is 17.9 Å². The van der Waals surface area contributed by atoms with E-state index in [1.54, 1.807) is 12.1 Å². The SMILES string of the molecule is C[C@]12CC3=C(C=C1CCC[C@@]21CN(CC(=O)Nc2ccccc2)C(=O)O1)N(c1ccc(F)cc1)NC3. The zero-order valence-electron chi connectivity index (χ0n) is 20.2. The van der Waals surface area contributed by atoms with Crippen molar-refractivity contribution in [2.45, 2.75) is 38.2 Å². The number of hydrogen-bond acceptors (Lipinski definition) is 5. The van der Waals surface area contributed by atoms with E-state index >= 15 is 0 Å². The predicted octanol–water partition coefficient (Wildman–Crippen LogP) is 4.75. The summed E-state index contributed by atoms with van der Waals surface area (Å²) < 4.78 is 19.6. The van der Waals surface area contributed by atoms with Crippen LogP contribution in [0.5, 0.6) is 0 Å². The predicted molar refractivity (Wildman–Crippen MR) is 134 cm³/mol. The average Bonchev–Trinajstić information content (AvgIpc) is 3.40. The number of amides is 2. The van der Waals surface area contributed by atoms with Crippen LogP contribution in [0.1, 0.15) is 32.6 Å². The zero-order chi connectivity index (χ0) is 24.9. The van der Waals surface area contributed by atoms with Crippen molar-refractivity contribution in [3.8, 4) is 0 Å². The van der Waals surface area contributed by atoms with Crippen LogP contribution >= 0.6 is 0 Å². The number of ether oxygens (including phenoxy) is 1. The lowest BCUT2D eigenvalue weighted by Gasteiger charge is -2.51. The summed E-state index contributed by atoms with van der Waals surface area (Å²) in [7, 11) is 0. The maximum atomic E-state index is 13.5. The van der Waals surface area contributed by atoms with E-state index in [1.165, 1.54) is 28.2 Å². The number of para-hydroxylation sites is 1. The zero-order valence-corrected chi connectivity index (χ0v) is 20.2. The Morgan fingerprint density at radius 2 is 1.94 bits per heavy atom. The molecule has 0 aromatic heterocycles. The standard InChI is InChI=1S/C28H29FN4O3/c1-27-15-19-16-30-33(23-11-9-21(29)10-12-23)24(19)14-20(27)6-5-13-28(27)18-32(26(35)36-28)17-25(34)31-22-7-3-2-4-8-22/h2-4,7-12,14,30H,5-6,13,15-18H2,1H3,(H,31,34)/t27-,28+/m0/s1. The summed E-state index contributed by atoms with van der Waals surface area (Å²) in [5.41, 5.74) is 7.57. The van der Waals surface area contributed by atoms with Crippen molar-refractivity contribution in [3.05, 3.63) is 83.3 Å². The highest BCUT2D eigenvalue weighted by atomic mass is 19.1. The van der Waals surface area contributed by atoms with Crippen LogP contribution in [-0.2, 0) is 9.53 Å². The molecule has 36 heavy (non-hydrogen) atoms. The third-order valence-corrected chi connectivity index (χ3v) is 8.14. The maximum absolute atomic E-state index is 13.5. The lowest BCUT2D eigenvalue weighted by atomic mass is 9.57. The van der Waals surface area contributed by atoms with Crippen LogP contribution in [0.25, 0.3) is 0 Å². The van der Waals surface area contributed by atoms with Gasteiger partial charge in [0.2, 0.25) is 5.91 Å². The summed E-state index contributed by atoms with van der Waals surface area (Å²) in [5, 5.41) is 4.87. The van der Waals surface area contributed by atoms with Gasteiger partial charge in [-0.05, 0) is 73.7 Å². The number of fused-ring (bicyclic) bond motifs is 2. The highest BCUT2D eigenvalue weighted by Crippen LogP contribution is 2.58. The third kappa shape index (κ3) is 3.67. The molecular formula is C28H29FN4O3. The Morgan fingerprint density at radius 1 is 1.17 bits per heavy atom. The second kappa shape index (κ2) is 8.48. The van der Waals surface area contributed by atoms with Crippen LogP contribution in [0.15, 0.2) is 77.5 Å². The molecule has 2 aliphatic heterocycles. The number of benzene rings is 2. The molecule has 7 nitrogen and oxygen atoms in total. The molecule has 6 rings (SSSR count). The van der Waals surface area contributed by atoms with Crippen LogP contribution in [0, 0.1) is 11.2 Å². The number of carbonyl (C=O) groups is 2. The quantitative estimate of drug-likeness (QED) is 0.650. The van der Waals surface area contributed by atoms with Crippen molar-refractivity contribution in [1.29, 1.82) is 0 Å². The van der Waals surface area contributed by atoms with E-state index < -0.39 is 11.7 Å². The highest BCUT2D eigenvalue weighted by molar-refractivity contribution is 5.94. The van der Waals surface area contributed by atoms with Gasteiger partial charge in [-0.15, -0.1) is 0 Å². The Morgan fingerprint density at radius 3 is 2.72 bits per heavy atom. The molecule has 0 radical (unpaired) electrons. The molecule has 2 atom stereocenters. The lowest BCUT2D eigenvalue weighted by molar-refractivity contribution is -0.116. The molecule has 2 aromatic rings. The molecule has 0 bridgehead atoms. The van der Waals surface area contributed by atoms with E-state index in [0.717, 1.165) is 37.1 Å². The number of halogens is 1. The van der Waals surface area contributed by atoms with Gasteiger partial charge in [-0.2, -0.15) is 0 Å². The van der Waals surface area contributed by atoms with Gasteiger partial charge >= 0.3 is 6.09 Å². The average molecular weight is 489 g/mol. The van der Waals surface area contributed by atoms with E-state index in [1.807, 2.05) is 35.3 Å². The van der Waals surface area contributed by atoms with Crippen LogP contribution in [0.4, 0.5) is 20.6 Å². The molecule has 2 fully saturated rings. The first-order valence-electron chi connectivity index (χ1n) is 12.4. The molecule has 186 valence electrons. The molecule has 2 N–H and O–H groups in total. The molecule has 1 saturated carbocycles. The number of anilines is 2. The molecule has 8 heteroatoms. The van der Waals surface area contributed by atoms with E-state index in [4.69, 9.17) is 4.74 Å². The second-order valence-electron chi connectivity index (χ2n) is 10.3. The minimum atomic E-state index is -0.678. The first-order valence-corrected chi connectivity index (χ1v) is 12.4. The van der Waals surface area contributed by atoms with Gasteiger partial charge in [-0.3, -0.25) is 14.7 Å². The van der Waals surface area contributed by atoms with Crippen molar-refractivity contribution in [2.24, 2.45) is 5.41 Å². The molecule has 4 aliphatic rings. The summed E-state index contributed by atoms with van der Waals surface area (Å²) in [6.07, 6.45) is 5.15. The fraction of sp³-hybridized carbons (Fsp3) is 0.357. The minimum absolute atomic E-state index is 0.0432. The summed E-state index contributed by atoms with van der Waals surface area (Å²) in [6, 6.07) is 15.7. The normalized spacial score (nSPS) is 27.1. The fourth-order valence-corrected chi connectivity index (χ4v) is 6.23. The summed E-state index contributed by atoms with van der Waals surface area (Å²) in [6.45, 7) is 3.22. The number of carbonyl (C=O) groups excluding carboxylic acids is 2. The van der Waals surface area contributed by atoms with Gasteiger partial charge in [0.15, 0.2) is 0 Å². The van der Waals surface area contributed by atoms with Crippen molar-refractivity contribution in [3.63, 3.8) is 0 Å². The first kappa shape index (κ1) is 22.8. The number of allylic oxidation sites excluding steroid dienone is 1. The Kier molecular flexibility index (Phi) is 5.37. The van der Waals surface area contributed by atoms with Gasteiger partial charge < -0.3 is 10.1 Å². The Balaban J connectivity index is 1.23. The summed E-state index contributed by atoms with van der Waals surface area (Å²) >= 11 is 0. The molecule has 2 heterocycles. The van der Waals surface area contributed by atoms with Crippen molar-refractivity contribution < 1.29 is 18.7 Å². The van der Waals surface area contributed by atoms with Crippen molar-refractivity contribution in [2.75, 3.05) is 30.0 Å². The van der Waals surface area contributed by atoms with Crippen molar-refractivity contribution in [1.82, 2.24) is 10.3 Å². The Bertz CT molecular complexity index is 1280. The van der Waals surface area contributed by atoms with Gasteiger partial charge in [0, 0.05) is 17.6 Å². The molecule has 1 saturated heterocycles. The minimum Gasteiger partial charge on any atom is -0.440 e. The van der Waals surface area contributed by atoms with E-state index in [0.29, 0.717) is 18.8 Å². The number of hydrazine groups is 1. The molecule has 2 aromatic carbocycles. The monoisotopic (exact) mass is 488 g/mol. The van der Waals surface area contributed by atoms with Gasteiger partial charge in [-0.25, -0.2) is 14.6 Å². The van der Waals surface area contributed by atoms with Crippen LogP contribution in [0.2, 0.25) is 0 Å². The molecule has 2 aliphatic carbocycles. The number of nitrogens with one attached hydrogen (secondary N) is 2. The lowest BCUT2D eigenvalue weighted by Crippen LogP contribution is -2.54. The Labute approximate surface area is 209 Å². The smallest absolute Gasteiger partial charge is 0.411 e. The molecule has 2 amide bonds. The van der Waals surface area contributed by atoms with Gasteiger partial charge in [0.1, 0.15) is 18.0 Å². The van der Waals surface area contributed by atoms with Crippen LogP contribution in [-0.4, -0.2) is 42.1 Å². The highest BCUT2D eigenvalue weighted by Gasteiger charge is 2.61.